The van der Waals surface area contributed by atoms with Gasteiger partial charge in [0.05, 0.1) is 12.7 Å². The molecule has 0 saturated heterocycles. The molecule has 0 heterocycles. The van der Waals surface area contributed by atoms with Crippen molar-refractivity contribution in [1.82, 2.24) is 5.32 Å². The predicted molar refractivity (Wildman–Crippen MR) is 67.4 cm³/mol. The maximum atomic E-state index is 13.1. The Balaban J connectivity index is 2.56. The van der Waals surface area contributed by atoms with Gasteiger partial charge in [-0.05, 0) is 19.1 Å². The van der Waals surface area contributed by atoms with Crippen LogP contribution in [0.4, 0.5) is 4.39 Å². The van der Waals surface area contributed by atoms with Crippen LogP contribution in [0, 0.1) is 5.82 Å². The molecule has 0 spiro atoms. The molecule has 0 aromatic heterocycles. The third kappa shape index (κ3) is 5.23. The Bertz CT molecular complexity index is 423. The maximum Gasteiger partial charge on any atom is 0.258 e. The predicted octanol–water partition coefficient (Wildman–Crippen LogP) is 1.02. The van der Waals surface area contributed by atoms with Crippen molar-refractivity contribution in [2.75, 3.05) is 26.9 Å². The first-order valence-electron chi connectivity index (χ1n) is 5.90. The first-order valence-corrected chi connectivity index (χ1v) is 5.90. The van der Waals surface area contributed by atoms with Crippen molar-refractivity contribution in [3.8, 4) is 5.75 Å². The third-order valence-electron chi connectivity index (χ3n) is 2.41. The van der Waals surface area contributed by atoms with Gasteiger partial charge >= 0.3 is 0 Å². The summed E-state index contributed by atoms with van der Waals surface area (Å²) in [6, 6.07) is 3.80. The van der Waals surface area contributed by atoms with E-state index in [2.05, 4.69) is 5.32 Å². The highest BCUT2D eigenvalue weighted by Crippen LogP contribution is 2.25. The molecule has 106 valence electrons. The van der Waals surface area contributed by atoms with E-state index in [9.17, 15) is 14.3 Å². The summed E-state index contributed by atoms with van der Waals surface area (Å²) < 4.78 is 23.1. The van der Waals surface area contributed by atoms with Crippen molar-refractivity contribution >= 4 is 5.91 Å². The van der Waals surface area contributed by atoms with E-state index in [1.807, 2.05) is 0 Å². The number of carbonyl (C=O) groups is 1. The van der Waals surface area contributed by atoms with Crippen LogP contribution in [0.1, 0.15) is 18.6 Å². The average molecular weight is 271 g/mol. The van der Waals surface area contributed by atoms with E-state index >= 15 is 0 Å². The van der Waals surface area contributed by atoms with Crippen molar-refractivity contribution in [2.45, 2.75) is 13.0 Å². The summed E-state index contributed by atoms with van der Waals surface area (Å²) in [5.74, 6) is -0.658. The lowest BCUT2D eigenvalue weighted by Crippen LogP contribution is -2.31. The fourth-order valence-electron chi connectivity index (χ4n) is 1.47. The number of methoxy groups -OCH3 is 1. The summed E-state index contributed by atoms with van der Waals surface area (Å²) in [7, 11) is 1.53. The first kappa shape index (κ1) is 15.4. The highest BCUT2D eigenvalue weighted by molar-refractivity contribution is 5.77. The van der Waals surface area contributed by atoms with E-state index in [-0.39, 0.29) is 18.3 Å². The first-order chi connectivity index (χ1) is 9.04. The number of nitrogens with one attached hydrogen (secondary N) is 1. The highest BCUT2D eigenvalue weighted by Gasteiger charge is 2.11. The second-order valence-corrected chi connectivity index (χ2v) is 3.99. The SMILES string of the molecule is COCCNC(=O)COc1cc(F)ccc1[C@H](C)O. The Morgan fingerprint density at radius 1 is 1.53 bits per heavy atom. The molecule has 0 unspecified atom stereocenters. The number of benzene rings is 1. The van der Waals surface area contributed by atoms with Gasteiger partial charge in [0.2, 0.25) is 0 Å². The fourth-order valence-corrected chi connectivity index (χ4v) is 1.47. The van der Waals surface area contributed by atoms with Crippen molar-refractivity contribution in [3.63, 3.8) is 0 Å². The molecular formula is C13H18FNO4. The van der Waals surface area contributed by atoms with E-state index < -0.39 is 11.9 Å². The number of ether oxygens (including phenoxy) is 2. The van der Waals surface area contributed by atoms with Gasteiger partial charge in [0.1, 0.15) is 11.6 Å². The molecule has 6 heteroatoms. The minimum absolute atomic E-state index is 0.164. The zero-order valence-corrected chi connectivity index (χ0v) is 11.0. The van der Waals surface area contributed by atoms with Gasteiger partial charge in [0, 0.05) is 25.3 Å². The molecule has 1 amide bonds. The van der Waals surface area contributed by atoms with Crippen LogP contribution in [0.25, 0.3) is 0 Å². The summed E-state index contributed by atoms with van der Waals surface area (Å²) in [6.45, 7) is 2.08. The number of aliphatic hydroxyl groups excluding tert-OH is 1. The van der Waals surface area contributed by atoms with E-state index in [0.717, 1.165) is 6.07 Å². The van der Waals surface area contributed by atoms with Gasteiger partial charge in [-0.15, -0.1) is 0 Å². The van der Waals surface area contributed by atoms with Crippen LogP contribution in [0.2, 0.25) is 0 Å². The normalized spacial score (nSPS) is 12.0. The van der Waals surface area contributed by atoms with E-state index in [1.165, 1.54) is 19.2 Å². The molecule has 0 radical (unpaired) electrons. The fraction of sp³-hybridized carbons (Fsp3) is 0.462. The smallest absolute Gasteiger partial charge is 0.258 e. The molecule has 1 rings (SSSR count). The summed E-state index contributed by atoms with van der Waals surface area (Å²) in [6.07, 6.45) is -0.799. The number of rotatable bonds is 7. The van der Waals surface area contributed by atoms with E-state index in [0.29, 0.717) is 18.7 Å². The van der Waals surface area contributed by atoms with Crippen LogP contribution in [-0.4, -0.2) is 37.9 Å². The molecule has 5 nitrogen and oxygen atoms in total. The molecule has 1 aromatic rings. The lowest BCUT2D eigenvalue weighted by Gasteiger charge is -2.13. The molecule has 0 saturated carbocycles. The molecule has 0 aliphatic heterocycles. The zero-order valence-electron chi connectivity index (χ0n) is 11.0. The van der Waals surface area contributed by atoms with Crippen LogP contribution in [-0.2, 0) is 9.53 Å². The van der Waals surface area contributed by atoms with Gasteiger partial charge in [0.25, 0.3) is 5.91 Å². The van der Waals surface area contributed by atoms with Gasteiger partial charge in [-0.2, -0.15) is 0 Å². The molecule has 0 aliphatic carbocycles. The highest BCUT2D eigenvalue weighted by atomic mass is 19.1. The molecular weight excluding hydrogens is 253 g/mol. The van der Waals surface area contributed by atoms with Gasteiger partial charge in [-0.3, -0.25) is 4.79 Å². The number of halogens is 1. The third-order valence-corrected chi connectivity index (χ3v) is 2.41. The Kier molecular flexibility index (Phi) is 6.24. The van der Waals surface area contributed by atoms with Crippen molar-refractivity contribution < 1.29 is 23.8 Å². The van der Waals surface area contributed by atoms with Gasteiger partial charge < -0.3 is 19.9 Å². The van der Waals surface area contributed by atoms with Gasteiger partial charge in [-0.25, -0.2) is 4.39 Å². The number of amides is 1. The molecule has 1 atom stereocenters. The second kappa shape index (κ2) is 7.70. The lowest BCUT2D eigenvalue weighted by molar-refractivity contribution is -0.123. The van der Waals surface area contributed by atoms with Crippen LogP contribution in [0.5, 0.6) is 5.75 Å². The number of carbonyl (C=O) groups excluding carboxylic acids is 1. The van der Waals surface area contributed by atoms with Crippen molar-refractivity contribution in [2.24, 2.45) is 0 Å². The monoisotopic (exact) mass is 271 g/mol. The average Bonchev–Trinajstić information content (AvgIpc) is 2.36. The van der Waals surface area contributed by atoms with Crippen LogP contribution in [0.15, 0.2) is 18.2 Å². The minimum atomic E-state index is -0.799. The summed E-state index contributed by atoms with van der Waals surface area (Å²) in [5.41, 5.74) is 0.436. The number of aliphatic hydroxyl groups is 1. The standard InChI is InChI=1S/C13H18FNO4/c1-9(16)11-4-3-10(14)7-12(11)19-8-13(17)15-5-6-18-2/h3-4,7,9,16H,5-6,8H2,1-2H3,(H,15,17)/t9-/m0/s1. The number of hydrogen-bond donors (Lipinski definition) is 2. The van der Waals surface area contributed by atoms with Crippen molar-refractivity contribution in [3.05, 3.63) is 29.6 Å². The Morgan fingerprint density at radius 3 is 2.89 bits per heavy atom. The quantitative estimate of drug-likeness (QED) is 0.727. The summed E-state index contributed by atoms with van der Waals surface area (Å²) in [5, 5.41) is 12.1. The Morgan fingerprint density at radius 2 is 2.26 bits per heavy atom. The number of hydrogen-bond acceptors (Lipinski definition) is 4. The Hall–Kier alpha value is -1.66. The van der Waals surface area contributed by atoms with Crippen LogP contribution in [0.3, 0.4) is 0 Å². The van der Waals surface area contributed by atoms with Crippen LogP contribution >= 0.6 is 0 Å². The molecule has 0 fully saturated rings. The topological polar surface area (TPSA) is 67.8 Å². The molecule has 0 aliphatic rings. The summed E-state index contributed by atoms with van der Waals surface area (Å²) >= 11 is 0. The summed E-state index contributed by atoms with van der Waals surface area (Å²) in [4.78, 5) is 11.4. The largest absolute Gasteiger partial charge is 0.483 e. The molecule has 2 N–H and O–H groups in total. The molecule has 19 heavy (non-hydrogen) atoms. The minimum Gasteiger partial charge on any atom is -0.483 e. The molecule has 1 aromatic carbocycles. The Labute approximate surface area is 111 Å². The zero-order chi connectivity index (χ0) is 14.3. The van der Waals surface area contributed by atoms with Crippen molar-refractivity contribution in [1.29, 1.82) is 0 Å². The molecule has 0 bridgehead atoms. The lowest BCUT2D eigenvalue weighted by atomic mass is 10.1. The van der Waals surface area contributed by atoms with Crippen LogP contribution < -0.4 is 10.1 Å². The van der Waals surface area contributed by atoms with Gasteiger partial charge in [0.15, 0.2) is 6.61 Å². The second-order valence-electron chi connectivity index (χ2n) is 3.99. The van der Waals surface area contributed by atoms with Gasteiger partial charge in [-0.1, -0.05) is 0 Å². The maximum absolute atomic E-state index is 13.1. The van der Waals surface area contributed by atoms with E-state index in [4.69, 9.17) is 9.47 Å². The van der Waals surface area contributed by atoms with E-state index in [1.54, 1.807) is 6.92 Å².